The molecule has 1 aliphatic rings. The molecular weight excluding hydrogens is 418 g/mol. The highest BCUT2D eigenvalue weighted by Crippen LogP contribution is 2.39. The molecule has 1 heterocycles. The Balaban J connectivity index is 2.15. The third-order valence-electron chi connectivity index (χ3n) is 4.42. The molecule has 3 rings (SSSR count). The summed E-state index contributed by atoms with van der Waals surface area (Å²) in [4.78, 5) is 12.2. The van der Waals surface area contributed by atoms with Crippen molar-refractivity contribution in [2.75, 3.05) is 23.2 Å². The van der Waals surface area contributed by atoms with E-state index in [0.29, 0.717) is 0 Å². The van der Waals surface area contributed by atoms with Crippen molar-refractivity contribution in [1.82, 2.24) is 0 Å². The van der Waals surface area contributed by atoms with Crippen molar-refractivity contribution in [2.45, 2.75) is 29.7 Å². The number of anilines is 1. The molecule has 29 heavy (non-hydrogen) atoms. The van der Waals surface area contributed by atoms with E-state index >= 15 is 0 Å². The molecule has 8 nitrogen and oxygen atoms in total. The zero-order chi connectivity index (χ0) is 21.2. The van der Waals surface area contributed by atoms with E-state index in [-0.39, 0.29) is 40.1 Å². The molecule has 0 aliphatic carbocycles. The van der Waals surface area contributed by atoms with Crippen molar-refractivity contribution in [2.24, 2.45) is 0 Å². The molecule has 0 fully saturated rings. The van der Waals surface area contributed by atoms with Gasteiger partial charge >= 0.3 is 5.97 Å². The maximum atomic E-state index is 13.3. The van der Waals surface area contributed by atoms with Crippen LogP contribution in [0.5, 0.6) is 5.75 Å². The Morgan fingerprint density at radius 3 is 2.38 bits per heavy atom. The van der Waals surface area contributed by atoms with Crippen LogP contribution in [0.25, 0.3) is 0 Å². The van der Waals surface area contributed by atoms with Crippen molar-refractivity contribution in [3.05, 3.63) is 48.5 Å². The third kappa shape index (κ3) is 4.08. The summed E-state index contributed by atoms with van der Waals surface area (Å²) in [5.41, 5.74) is 0.0592. The summed E-state index contributed by atoms with van der Waals surface area (Å²) in [6.07, 6.45) is -1.17. The largest absolute Gasteiger partial charge is 0.475 e. The summed E-state index contributed by atoms with van der Waals surface area (Å²) >= 11 is 0. The van der Waals surface area contributed by atoms with Crippen molar-refractivity contribution in [1.29, 1.82) is 0 Å². The number of carbonyl (C=O) groups excluding carboxylic acids is 1. The Labute approximate surface area is 170 Å². The monoisotopic (exact) mass is 439 g/mol. The van der Waals surface area contributed by atoms with Crippen LogP contribution >= 0.6 is 0 Å². The maximum absolute atomic E-state index is 13.3. The van der Waals surface area contributed by atoms with E-state index < -0.39 is 31.9 Å². The van der Waals surface area contributed by atoms with Gasteiger partial charge in [-0.1, -0.05) is 25.1 Å². The highest BCUT2D eigenvalue weighted by atomic mass is 32.2. The van der Waals surface area contributed by atoms with Gasteiger partial charge in [-0.3, -0.25) is 4.31 Å². The fraction of sp³-hybridized carbons (Fsp3) is 0.316. The summed E-state index contributed by atoms with van der Waals surface area (Å²) in [5, 5.41) is 0. The van der Waals surface area contributed by atoms with Gasteiger partial charge in [0.1, 0.15) is 5.75 Å². The number of sulfonamides is 1. The SMILES string of the molecule is CCOC(=O)[C@H]1CN(S(=O)(=O)c2ccccc2)c2cc(S(=O)(=O)CC)ccc2O1. The number of ether oxygens (including phenoxy) is 2. The van der Waals surface area contributed by atoms with E-state index in [1.165, 1.54) is 37.3 Å². The molecule has 0 N–H and O–H groups in total. The van der Waals surface area contributed by atoms with Gasteiger partial charge in [-0.2, -0.15) is 0 Å². The van der Waals surface area contributed by atoms with Crippen molar-refractivity contribution < 1.29 is 31.1 Å². The molecule has 2 aromatic rings. The molecule has 0 bridgehead atoms. The lowest BCUT2D eigenvalue weighted by Crippen LogP contribution is -2.47. The predicted octanol–water partition coefficient (Wildman–Crippen LogP) is 2.00. The van der Waals surface area contributed by atoms with E-state index in [9.17, 15) is 21.6 Å². The summed E-state index contributed by atoms with van der Waals surface area (Å²) in [5.74, 6) is -0.746. The zero-order valence-electron chi connectivity index (χ0n) is 15.9. The van der Waals surface area contributed by atoms with Crippen LogP contribution in [0.2, 0.25) is 0 Å². The van der Waals surface area contributed by atoms with Gasteiger partial charge in [0.05, 0.1) is 34.4 Å². The maximum Gasteiger partial charge on any atom is 0.349 e. The van der Waals surface area contributed by atoms with Crippen LogP contribution in [0, 0.1) is 0 Å². The molecule has 2 aromatic carbocycles. The molecule has 0 spiro atoms. The van der Waals surface area contributed by atoms with Crippen LogP contribution < -0.4 is 9.04 Å². The van der Waals surface area contributed by atoms with Crippen LogP contribution in [-0.4, -0.2) is 47.8 Å². The van der Waals surface area contributed by atoms with E-state index in [0.717, 1.165) is 4.31 Å². The number of esters is 1. The van der Waals surface area contributed by atoms with Crippen LogP contribution in [-0.2, 0) is 29.4 Å². The summed E-state index contributed by atoms with van der Waals surface area (Å²) < 4.78 is 62.7. The number of benzene rings is 2. The minimum atomic E-state index is -4.08. The molecule has 1 atom stereocenters. The average molecular weight is 440 g/mol. The van der Waals surface area contributed by atoms with E-state index in [1.54, 1.807) is 25.1 Å². The zero-order valence-corrected chi connectivity index (χ0v) is 17.6. The van der Waals surface area contributed by atoms with Crippen molar-refractivity contribution in [3.8, 4) is 5.75 Å². The van der Waals surface area contributed by atoms with Gasteiger partial charge in [0, 0.05) is 0 Å². The second-order valence-electron chi connectivity index (χ2n) is 6.24. The quantitative estimate of drug-likeness (QED) is 0.634. The van der Waals surface area contributed by atoms with Gasteiger partial charge in [0.25, 0.3) is 10.0 Å². The Bertz CT molecular complexity index is 1110. The number of hydrogen-bond donors (Lipinski definition) is 0. The lowest BCUT2D eigenvalue weighted by molar-refractivity contribution is -0.151. The standard InChI is InChI=1S/C19H21NO7S2/c1-3-26-19(21)18-13-20(29(24,25)14-8-6-5-7-9-14)16-12-15(28(22,23)4-2)10-11-17(16)27-18/h5-12,18H,3-4,13H2,1-2H3/t18-/m1/s1. The minimum Gasteiger partial charge on any atom is -0.475 e. The second-order valence-corrected chi connectivity index (χ2v) is 10.4. The fourth-order valence-electron chi connectivity index (χ4n) is 2.90. The van der Waals surface area contributed by atoms with Crippen LogP contribution in [0.3, 0.4) is 0 Å². The second kappa shape index (κ2) is 8.03. The molecule has 10 heteroatoms. The first-order valence-corrected chi connectivity index (χ1v) is 12.1. The molecule has 1 aliphatic heterocycles. The van der Waals surface area contributed by atoms with Crippen molar-refractivity contribution >= 4 is 31.5 Å². The topological polar surface area (TPSA) is 107 Å². The number of carbonyl (C=O) groups is 1. The smallest absolute Gasteiger partial charge is 0.349 e. The number of hydrogen-bond acceptors (Lipinski definition) is 7. The number of rotatable bonds is 6. The molecule has 0 amide bonds. The van der Waals surface area contributed by atoms with Gasteiger partial charge in [0.15, 0.2) is 9.84 Å². The average Bonchev–Trinajstić information content (AvgIpc) is 2.73. The third-order valence-corrected chi connectivity index (χ3v) is 7.95. The molecule has 156 valence electrons. The molecule has 0 unspecified atom stereocenters. The van der Waals surface area contributed by atoms with Gasteiger partial charge in [-0.25, -0.2) is 21.6 Å². The van der Waals surface area contributed by atoms with E-state index in [4.69, 9.17) is 9.47 Å². The fourth-order valence-corrected chi connectivity index (χ4v) is 5.29. The molecule has 0 radical (unpaired) electrons. The summed E-state index contributed by atoms with van der Waals surface area (Å²) in [6, 6.07) is 11.6. The van der Waals surface area contributed by atoms with Gasteiger partial charge < -0.3 is 9.47 Å². The van der Waals surface area contributed by atoms with E-state index in [2.05, 4.69) is 0 Å². The molecule has 0 saturated carbocycles. The van der Waals surface area contributed by atoms with Gasteiger partial charge in [-0.05, 0) is 37.3 Å². The van der Waals surface area contributed by atoms with Crippen LogP contribution in [0.15, 0.2) is 58.3 Å². The van der Waals surface area contributed by atoms with E-state index in [1.807, 2.05) is 0 Å². The van der Waals surface area contributed by atoms with Crippen LogP contribution in [0.4, 0.5) is 5.69 Å². The van der Waals surface area contributed by atoms with Gasteiger partial charge in [0.2, 0.25) is 6.10 Å². The molecular formula is C19H21NO7S2. The number of fused-ring (bicyclic) bond motifs is 1. The lowest BCUT2D eigenvalue weighted by Gasteiger charge is -2.34. The lowest BCUT2D eigenvalue weighted by atomic mass is 10.2. The predicted molar refractivity (Wildman–Crippen MR) is 106 cm³/mol. The first-order chi connectivity index (χ1) is 13.7. The highest BCUT2D eigenvalue weighted by molar-refractivity contribution is 7.93. The Morgan fingerprint density at radius 2 is 1.76 bits per heavy atom. The number of sulfone groups is 1. The van der Waals surface area contributed by atoms with Crippen LogP contribution in [0.1, 0.15) is 13.8 Å². The first-order valence-electron chi connectivity index (χ1n) is 8.98. The van der Waals surface area contributed by atoms with Gasteiger partial charge in [-0.15, -0.1) is 0 Å². The Hall–Kier alpha value is -2.59. The molecule has 0 aromatic heterocycles. The Morgan fingerprint density at radius 1 is 1.07 bits per heavy atom. The summed E-state index contributed by atoms with van der Waals surface area (Å²) in [6.45, 7) is 2.92. The summed E-state index contributed by atoms with van der Waals surface area (Å²) in [7, 11) is -7.65. The first kappa shape index (κ1) is 21.1. The highest BCUT2D eigenvalue weighted by Gasteiger charge is 2.38. The molecule has 0 saturated heterocycles. The Kier molecular flexibility index (Phi) is 5.85. The number of nitrogens with zero attached hydrogens (tertiary/aromatic N) is 1. The van der Waals surface area contributed by atoms with Crippen molar-refractivity contribution in [3.63, 3.8) is 0 Å². The normalized spacial score (nSPS) is 16.6. The minimum absolute atomic E-state index is 0.0132.